The maximum absolute atomic E-state index is 12.9. The molecular formula is C22H28N2O2S. The molecule has 4 fully saturated rings. The average Bonchev–Trinajstić information content (AvgIpc) is 2.57. The number of anilines is 1. The Morgan fingerprint density at radius 3 is 2.70 bits per heavy atom. The fourth-order valence-corrected chi connectivity index (χ4v) is 7.05. The lowest BCUT2D eigenvalue weighted by Crippen LogP contribution is -2.56. The van der Waals surface area contributed by atoms with Crippen molar-refractivity contribution >= 4 is 23.4 Å². The van der Waals surface area contributed by atoms with Crippen LogP contribution in [0.15, 0.2) is 29.2 Å². The Labute approximate surface area is 165 Å². The molecular weight excluding hydrogens is 356 g/mol. The van der Waals surface area contributed by atoms with Gasteiger partial charge < -0.3 is 10.4 Å². The molecule has 0 aromatic heterocycles. The Morgan fingerprint density at radius 1 is 1.33 bits per heavy atom. The third kappa shape index (κ3) is 4.02. The van der Waals surface area contributed by atoms with Gasteiger partial charge in [-0.3, -0.25) is 4.79 Å². The van der Waals surface area contributed by atoms with Gasteiger partial charge in [0.2, 0.25) is 5.91 Å². The summed E-state index contributed by atoms with van der Waals surface area (Å²) in [6.45, 7) is 1.91. The highest BCUT2D eigenvalue weighted by Gasteiger charge is 2.57. The third-order valence-electron chi connectivity index (χ3n) is 6.56. The Hall–Kier alpha value is -1.51. The largest absolute Gasteiger partial charge is 0.390 e. The molecule has 2 N–H and O–H groups in total. The monoisotopic (exact) mass is 384 g/mol. The van der Waals surface area contributed by atoms with E-state index >= 15 is 0 Å². The first-order valence-corrected chi connectivity index (χ1v) is 11.0. The lowest BCUT2D eigenvalue weighted by atomic mass is 9.47. The fourth-order valence-electron chi connectivity index (χ4n) is 6.09. The molecule has 0 aliphatic heterocycles. The molecule has 1 aromatic rings. The van der Waals surface area contributed by atoms with Crippen LogP contribution < -0.4 is 5.32 Å². The summed E-state index contributed by atoms with van der Waals surface area (Å²) in [5, 5.41) is 23.0. The van der Waals surface area contributed by atoms with Gasteiger partial charge in [0, 0.05) is 17.1 Å². The quantitative estimate of drug-likeness (QED) is 0.703. The zero-order valence-electron chi connectivity index (χ0n) is 15.9. The van der Waals surface area contributed by atoms with Crippen LogP contribution in [0.1, 0.15) is 51.9 Å². The third-order valence-corrected chi connectivity index (χ3v) is 7.89. The average molecular weight is 385 g/mol. The molecule has 1 aromatic carbocycles. The van der Waals surface area contributed by atoms with Gasteiger partial charge in [0.25, 0.3) is 0 Å². The Morgan fingerprint density at radius 2 is 2.04 bits per heavy atom. The first-order valence-electron chi connectivity index (χ1n) is 10.0. The second kappa shape index (κ2) is 7.14. The normalized spacial score (nSPS) is 34.9. The number of aliphatic hydroxyl groups is 1. The second-order valence-electron chi connectivity index (χ2n) is 9.25. The van der Waals surface area contributed by atoms with E-state index < -0.39 is 5.60 Å². The number of hydrogen-bond donors (Lipinski definition) is 2. The predicted octanol–water partition coefficient (Wildman–Crippen LogP) is 4.60. The van der Waals surface area contributed by atoms with Crippen molar-refractivity contribution in [2.75, 3.05) is 11.1 Å². The van der Waals surface area contributed by atoms with E-state index in [-0.39, 0.29) is 17.2 Å². The summed E-state index contributed by atoms with van der Waals surface area (Å²) in [4.78, 5) is 13.9. The first-order chi connectivity index (χ1) is 12.9. The second-order valence-corrected chi connectivity index (χ2v) is 10.3. The molecule has 4 aliphatic rings. The van der Waals surface area contributed by atoms with E-state index in [1.165, 1.54) is 6.42 Å². The summed E-state index contributed by atoms with van der Waals surface area (Å²) in [6.07, 6.45) is 6.59. The molecule has 1 amide bonds. The van der Waals surface area contributed by atoms with Gasteiger partial charge in [-0.1, -0.05) is 12.1 Å². The standard InChI is InChI=1S/C22H28N2O2S/c1-15(12-23)13-27-19-5-3-2-4-18(19)24-20(25)11-21-7-16-6-17(8-21)10-22(26,9-16)14-21/h2-5,15-17,26H,6-11,13-14H2,1H3,(H,24,25). The molecule has 0 radical (unpaired) electrons. The van der Waals surface area contributed by atoms with Crippen molar-refractivity contribution in [2.45, 2.75) is 62.4 Å². The SMILES string of the molecule is CC(C#N)CSc1ccccc1NC(=O)CC12CC3CC(CC(O)(C3)C1)C2. The number of nitriles is 1. The zero-order chi connectivity index (χ0) is 19.1. The van der Waals surface area contributed by atoms with Gasteiger partial charge in [0.15, 0.2) is 0 Å². The minimum Gasteiger partial charge on any atom is -0.390 e. The van der Waals surface area contributed by atoms with E-state index in [0.29, 0.717) is 24.0 Å². The van der Waals surface area contributed by atoms with Crippen LogP contribution in [0.5, 0.6) is 0 Å². The molecule has 5 rings (SSSR count). The molecule has 4 nitrogen and oxygen atoms in total. The highest BCUT2D eigenvalue weighted by molar-refractivity contribution is 7.99. The number of hydrogen-bond acceptors (Lipinski definition) is 4. The molecule has 4 aliphatic carbocycles. The molecule has 4 bridgehead atoms. The van der Waals surface area contributed by atoms with Gasteiger partial charge in [-0.2, -0.15) is 5.26 Å². The van der Waals surface area contributed by atoms with Crippen LogP contribution >= 0.6 is 11.8 Å². The summed E-state index contributed by atoms with van der Waals surface area (Å²) in [5.74, 6) is 1.94. The van der Waals surface area contributed by atoms with E-state index in [2.05, 4.69) is 11.4 Å². The maximum Gasteiger partial charge on any atom is 0.224 e. The van der Waals surface area contributed by atoms with Gasteiger partial charge in [-0.05, 0) is 74.8 Å². The van der Waals surface area contributed by atoms with Crippen molar-refractivity contribution in [3.8, 4) is 6.07 Å². The Bertz CT molecular complexity index is 758. The van der Waals surface area contributed by atoms with Gasteiger partial charge in [0.1, 0.15) is 0 Å². The Kier molecular flexibility index (Phi) is 4.98. The molecule has 0 heterocycles. The number of nitrogens with zero attached hydrogens (tertiary/aromatic N) is 1. The number of nitrogens with one attached hydrogen (secondary N) is 1. The molecule has 144 valence electrons. The number of rotatable bonds is 6. The van der Waals surface area contributed by atoms with Crippen molar-refractivity contribution in [2.24, 2.45) is 23.2 Å². The van der Waals surface area contributed by atoms with Crippen LogP contribution in [0.25, 0.3) is 0 Å². The summed E-state index contributed by atoms with van der Waals surface area (Å²) in [7, 11) is 0. The number of carbonyl (C=O) groups is 1. The van der Waals surface area contributed by atoms with Crippen molar-refractivity contribution < 1.29 is 9.90 Å². The fraction of sp³-hybridized carbons (Fsp3) is 0.636. The zero-order valence-corrected chi connectivity index (χ0v) is 16.7. The van der Waals surface area contributed by atoms with Crippen LogP contribution in [-0.4, -0.2) is 22.4 Å². The minimum atomic E-state index is -0.522. The first kappa shape index (κ1) is 18.8. The van der Waals surface area contributed by atoms with Crippen molar-refractivity contribution in [3.63, 3.8) is 0 Å². The number of benzene rings is 1. The number of carbonyl (C=O) groups excluding carboxylic acids is 1. The summed E-state index contributed by atoms with van der Waals surface area (Å²) in [6, 6.07) is 10.1. The van der Waals surface area contributed by atoms with Crippen LogP contribution in [0.3, 0.4) is 0 Å². The van der Waals surface area contributed by atoms with Crippen LogP contribution in [-0.2, 0) is 4.79 Å². The van der Waals surface area contributed by atoms with Crippen molar-refractivity contribution in [1.82, 2.24) is 0 Å². The van der Waals surface area contributed by atoms with E-state index in [4.69, 9.17) is 5.26 Å². The molecule has 5 heteroatoms. The van der Waals surface area contributed by atoms with Crippen LogP contribution in [0.4, 0.5) is 5.69 Å². The van der Waals surface area contributed by atoms with E-state index in [0.717, 1.165) is 42.7 Å². The van der Waals surface area contributed by atoms with E-state index in [1.54, 1.807) is 11.8 Å². The lowest BCUT2D eigenvalue weighted by Gasteiger charge is -2.60. The van der Waals surface area contributed by atoms with Crippen LogP contribution in [0, 0.1) is 34.5 Å². The summed E-state index contributed by atoms with van der Waals surface area (Å²) in [5.41, 5.74) is 0.299. The number of amides is 1. The van der Waals surface area contributed by atoms with Gasteiger partial charge >= 0.3 is 0 Å². The molecule has 0 saturated heterocycles. The van der Waals surface area contributed by atoms with Gasteiger partial charge in [-0.25, -0.2) is 0 Å². The minimum absolute atomic E-state index is 0.0136. The summed E-state index contributed by atoms with van der Waals surface area (Å²) >= 11 is 1.61. The molecule has 3 unspecified atom stereocenters. The topological polar surface area (TPSA) is 73.1 Å². The van der Waals surface area contributed by atoms with Crippen molar-refractivity contribution in [1.29, 1.82) is 5.26 Å². The molecule has 27 heavy (non-hydrogen) atoms. The highest BCUT2D eigenvalue weighted by atomic mass is 32.2. The Balaban J connectivity index is 1.43. The number of thioether (sulfide) groups is 1. The predicted molar refractivity (Wildman–Crippen MR) is 107 cm³/mol. The van der Waals surface area contributed by atoms with Crippen molar-refractivity contribution in [3.05, 3.63) is 24.3 Å². The summed E-state index contributed by atoms with van der Waals surface area (Å²) < 4.78 is 0. The van der Waals surface area contributed by atoms with E-state index in [9.17, 15) is 9.90 Å². The van der Waals surface area contributed by atoms with Gasteiger partial charge in [-0.15, -0.1) is 11.8 Å². The van der Waals surface area contributed by atoms with E-state index in [1.807, 2.05) is 31.2 Å². The molecule has 3 atom stereocenters. The smallest absolute Gasteiger partial charge is 0.224 e. The lowest BCUT2D eigenvalue weighted by molar-refractivity contribution is -0.167. The number of para-hydroxylation sites is 1. The highest BCUT2D eigenvalue weighted by Crippen LogP contribution is 2.62. The van der Waals surface area contributed by atoms with Gasteiger partial charge in [0.05, 0.1) is 23.3 Å². The molecule has 0 spiro atoms. The van der Waals surface area contributed by atoms with Crippen LogP contribution in [0.2, 0.25) is 0 Å². The molecule has 4 saturated carbocycles. The maximum atomic E-state index is 12.9.